The molecule has 110 valence electrons. The van der Waals surface area contributed by atoms with Crippen LogP contribution in [-0.2, 0) is 4.79 Å². The summed E-state index contributed by atoms with van der Waals surface area (Å²) in [5.41, 5.74) is 1.06. The summed E-state index contributed by atoms with van der Waals surface area (Å²) in [6.07, 6.45) is 4.37. The molecule has 0 amide bonds. The molecular weight excluding hydrogens is 278 g/mol. The number of rotatable bonds is 4. The number of allylic oxidation sites excluding steroid dienone is 2. The number of carboxylic acid groups (broad SMARTS) is 1. The number of para-hydroxylation sites is 2. The van der Waals surface area contributed by atoms with Gasteiger partial charge >= 0.3 is 5.97 Å². The van der Waals surface area contributed by atoms with Gasteiger partial charge in [0, 0.05) is 11.9 Å². The van der Waals surface area contributed by atoms with Crippen LogP contribution in [0, 0.1) is 0 Å². The zero-order valence-corrected chi connectivity index (χ0v) is 11.8. The fourth-order valence-corrected chi connectivity index (χ4v) is 2.30. The van der Waals surface area contributed by atoms with Gasteiger partial charge in [0.25, 0.3) is 0 Å². The van der Waals surface area contributed by atoms with Gasteiger partial charge in [0.1, 0.15) is 5.75 Å². The predicted octanol–water partition coefficient (Wildman–Crippen LogP) is 3.44. The molecule has 0 fully saturated rings. The van der Waals surface area contributed by atoms with Crippen molar-refractivity contribution in [2.75, 3.05) is 4.90 Å². The molecule has 1 aliphatic rings. The fourth-order valence-electron chi connectivity index (χ4n) is 2.30. The molecule has 1 aliphatic heterocycles. The van der Waals surface area contributed by atoms with Crippen LogP contribution in [-0.4, -0.2) is 17.3 Å². The molecule has 0 radical (unpaired) electrons. The molecule has 1 unspecified atom stereocenters. The van der Waals surface area contributed by atoms with Crippen LogP contribution in [0.2, 0.25) is 0 Å². The van der Waals surface area contributed by atoms with Crippen molar-refractivity contribution in [3.05, 3.63) is 84.6 Å². The predicted molar refractivity (Wildman–Crippen MR) is 84.6 cm³/mol. The van der Waals surface area contributed by atoms with E-state index < -0.39 is 12.2 Å². The van der Waals surface area contributed by atoms with Gasteiger partial charge in [-0.1, -0.05) is 36.4 Å². The van der Waals surface area contributed by atoms with E-state index in [1.807, 2.05) is 54.7 Å². The highest BCUT2D eigenvalue weighted by Gasteiger charge is 2.29. The molecule has 4 heteroatoms. The van der Waals surface area contributed by atoms with E-state index in [0.717, 1.165) is 5.69 Å². The smallest absolute Gasteiger partial charge is 0.337 e. The molecular formula is C18H15NO3. The third kappa shape index (κ3) is 2.86. The Morgan fingerprint density at radius 1 is 1.00 bits per heavy atom. The van der Waals surface area contributed by atoms with Crippen LogP contribution in [0.15, 0.2) is 84.6 Å². The second-order valence-electron chi connectivity index (χ2n) is 4.79. The molecule has 0 aromatic heterocycles. The van der Waals surface area contributed by atoms with Gasteiger partial charge in [-0.15, -0.1) is 0 Å². The highest BCUT2D eigenvalue weighted by molar-refractivity contribution is 5.89. The topological polar surface area (TPSA) is 49.8 Å². The lowest BCUT2D eigenvalue weighted by Gasteiger charge is -2.33. The molecule has 3 rings (SSSR count). The highest BCUT2D eigenvalue weighted by atomic mass is 16.5. The fraction of sp³-hybridized carbons (Fsp3) is 0.0556. The van der Waals surface area contributed by atoms with Gasteiger partial charge in [-0.3, -0.25) is 0 Å². The Morgan fingerprint density at radius 3 is 2.27 bits per heavy atom. The number of anilines is 1. The lowest BCUT2D eigenvalue weighted by Crippen LogP contribution is -2.41. The number of hydrogen-bond acceptors (Lipinski definition) is 3. The highest BCUT2D eigenvalue weighted by Crippen LogP contribution is 2.27. The summed E-state index contributed by atoms with van der Waals surface area (Å²) in [5, 5.41) is 9.44. The van der Waals surface area contributed by atoms with Crippen LogP contribution >= 0.6 is 0 Å². The molecule has 2 aromatic carbocycles. The van der Waals surface area contributed by atoms with E-state index in [0.29, 0.717) is 5.75 Å². The maximum atomic E-state index is 11.5. The SMILES string of the molecule is O=C(O)C1=CC=CN(c2ccccc2)C1Oc1ccccc1. The van der Waals surface area contributed by atoms with E-state index in [4.69, 9.17) is 4.74 Å². The first-order valence-corrected chi connectivity index (χ1v) is 6.92. The van der Waals surface area contributed by atoms with Gasteiger partial charge in [0.05, 0.1) is 5.57 Å². The van der Waals surface area contributed by atoms with Gasteiger partial charge < -0.3 is 14.7 Å². The summed E-state index contributed by atoms with van der Waals surface area (Å²) in [6.45, 7) is 0. The average Bonchev–Trinajstić information content (AvgIpc) is 2.56. The number of carboxylic acids is 1. The number of ether oxygens (including phenoxy) is 1. The van der Waals surface area contributed by atoms with Gasteiger partial charge in [0.2, 0.25) is 6.23 Å². The summed E-state index contributed by atoms with van der Waals surface area (Å²) in [6, 6.07) is 18.8. The number of nitrogens with zero attached hydrogens (tertiary/aromatic N) is 1. The monoisotopic (exact) mass is 293 g/mol. The second-order valence-corrected chi connectivity index (χ2v) is 4.79. The molecule has 1 N–H and O–H groups in total. The van der Waals surface area contributed by atoms with Crippen molar-refractivity contribution in [1.29, 1.82) is 0 Å². The third-order valence-electron chi connectivity index (χ3n) is 3.33. The van der Waals surface area contributed by atoms with Crippen LogP contribution in [0.3, 0.4) is 0 Å². The zero-order chi connectivity index (χ0) is 15.4. The van der Waals surface area contributed by atoms with Crippen molar-refractivity contribution in [3.63, 3.8) is 0 Å². The first kappa shape index (κ1) is 13.9. The molecule has 1 atom stereocenters. The summed E-state index contributed by atoms with van der Waals surface area (Å²) in [4.78, 5) is 13.3. The van der Waals surface area contributed by atoms with E-state index in [2.05, 4.69) is 0 Å². The Hall–Kier alpha value is -3.01. The van der Waals surface area contributed by atoms with Crippen molar-refractivity contribution in [3.8, 4) is 5.75 Å². The second kappa shape index (κ2) is 6.18. The van der Waals surface area contributed by atoms with Crippen LogP contribution in [0.4, 0.5) is 5.69 Å². The van der Waals surface area contributed by atoms with Crippen LogP contribution in [0.25, 0.3) is 0 Å². The van der Waals surface area contributed by atoms with Crippen molar-refractivity contribution < 1.29 is 14.6 Å². The van der Waals surface area contributed by atoms with Crippen LogP contribution in [0.1, 0.15) is 0 Å². The standard InChI is InChI=1S/C18H15NO3/c20-18(21)16-12-7-13-19(14-8-3-1-4-9-14)17(16)22-15-10-5-2-6-11-15/h1-13,17H,(H,20,21). The van der Waals surface area contributed by atoms with Crippen LogP contribution < -0.4 is 9.64 Å². The minimum absolute atomic E-state index is 0.190. The minimum atomic E-state index is -0.994. The van der Waals surface area contributed by atoms with Crippen LogP contribution in [0.5, 0.6) is 5.75 Å². The zero-order valence-electron chi connectivity index (χ0n) is 11.8. The maximum Gasteiger partial charge on any atom is 0.337 e. The van der Waals surface area contributed by atoms with Crippen molar-refractivity contribution in [2.24, 2.45) is 0 Å². The largest absolute Gasteiger partial charge is 0.478 e. The summed E-state index contributed by atoms with van der Waals surface area (Å²) >= 11 is 0. The van der Waals surface area contributed by atoms with E-state index >= 15 is 0 Å². The number of benzene rings is 2. The lowest BCUT2D eigenvalue weighted by atomic mass is 10.1. The van der Waals surface area contributed by atoms with E-state index in [1.165, 1.54) is 0 Å². The van der Waals surface area contributed by atoms with E-state index in [1.54, 1.807) is 29.2 Å². The number of hydrogen-bond donors (Lipinski definition) is 1. The Morgan fingerprint density at radius 2 is 1.64 bits per heavy atom. The first-order chi connectivity index (χ1) is 10.8. The van der Waals surface area contributed by atoms with Crippen molar-refractivity contribution >= 4 is 11.7 Å². The van der Waals surface area contributed by atoms with Crippen molar-refractivity contribution in [2.45, 2.75) is 6.23 Å². The lowest BCUT2D eigenvalue weighted by molar-refractivity contribution is -0.133. The Bertz CT molecular complexity index is 708. The maximum absolute atomic E-state index is 11.5. The van der Waals surface area contributed by atoms with E-state index in [9.17, 15) is 9.90 Å². The first-order valence-electron chi connectivity index (χ1n) is 6.92. The van der Waals surface area contributed by atoms with Gasteiger partial charge in [-0.2, -0.15) is 0 Å². The molecule has 0 saturated carbocycles. The number of carbonyl (C=O) groups is 1. The quantitative estimate of drug-likeness (QED) is 0.938. The van der Waals surface area contributed by atoms with Gasteiger partial charge in [0.15, 0.2) is 0 Å². The molecule has 2 aromatic rings. The summed E-state index contributed by atoms with van der Waals surface area (Å²) in [7, 11) is 0. The molecule has 0 bridgehead atoms. The molecule has 4 nitrogen and oxygen atoms in total. The molecule has 1 heterocycles. The Kier molecular flexibility index (Phi) is 3.92. The minimum Gasteiger partial charge on any atom is -0.478 e. The number of aliphatic carboxylic acids is 1. The molecule has 0 saturated heterocycles. The van der Waals surface area contributed by atoms with Gasteiger partial charge in [-0.05, 0) is 36.4 Å². The molecule has 0 spiro atoms. The Balaban J connectivity index is 1.96. The van der Waals surface area contributed by atoms with Crippen molar-refractivity contribution in [1.82, 2.24) is 0 Å². The Labute approximate surface area is 128 Å². The normalized spacial score (nSPS) is 17.0. The molecule has 22 heavy (non-hydrogen) atoms. The third-order valence-corrected chi connectivity index (χ3v) is 3.33. The molecule has 0 aliphatic carbocycles. The summed E-state index contributed by atoms with van der Waals surface area (Å²) < 4.78 is 5.92. The summed E-state index contributed by atoms with van der Waals surface area (Å²) in [5.74, 6) is -0.373. The van der Waals surface area contributed by atoms with E-state index in [-0.39, 0.29) is 5.57 Å². The average molecular weight is 293 g/mol. The van der Waals surface area contributed by atoms with Gasteiger partial charge in [-0.25, -0.2) is 4.79 Å².